The van der Waals surface area contributed by atoms with Gasteiger partial charge >= 0.3 is 11.8 Å². The van der Waals surface area contributed by atoms with Crippen LogP contribution >= 0.6 is 0 Å². The molecule has 0 aromatic carbocycles. The lowest BCUT2D eigenvalue weighted by Gasteiger charge is -2.29. The summed E-state index contributed by atoms with van der Waals surface area (Å²) in [5, 5.41) is 0. The van der Waals surface area contributed by atoms with Crippen LogP contribution in [0.2, 0.25) is 0 Å². The highest BCUT2D eigenvalue weighted by Gasteiger charge is 2.64. The van der Waals surface area contributed by atoms with Crippen LogP contribution in [0.5, 0.6) is 0 Å². The van der Waals surface area contributed by atoms with E-state index < -0.39 is 37.0 Å². The Morgan fingerprint density at radius 3 is 1.60 bits per heavy atom. The number of alkyl halides is 8. The average Bonchev–Trinajstić information content (AvgIpc) is 2.14. The molecule has 0 saturated heterocycles. The minimum atomic E-state index is -5.51. The van der Waals surface area contributed by atoms with Gasteiger partial charge in [-0.05, 0) is 6.92 Å². The molecule has 8 heteroatoms. The molecule has 0 bridgehead atoms. The average molecular weight is 243 g/mol. The van der Waals surface area contributed by atoms with E-state index in [1.807, 2.05) is 0 Å². The fourth-order valence-corrected chi connectivity index (χ4v) is 0.696. The third-order valence-corrected chi connectivity index (χ3v) is 1.67. The van der Waals surface area contributed by atoms with Crippen LogP contribution in [0.15, 0.2) is 0 Å². The Labute approximate surface area is 80.3 Å². The molecule has 1 unspecified atom stereocenters. The summed E-state index contributed by atoms with van der Waals surface area (Å²) in [4.78, 5) is 0. The van der Waals surface area contributed by atoms with E-state index in [0.717, 1.165) is 0 Å². The Balaban J connectivity index is 4.87. The van der Waals surface area contributed by atoms with Crippen molar-refractivity contribution < 1.29 is 35.1 Å². The zero-order valence-electron chi connectivity index (χ0n) is 7.17. The summed E-state index contributed by atoms with van der Waals surface area (Å²) in [6.07, 6.45) is -14.0. The summed E-state index contributed by atoms with van der Waals surface area (Å²) < 4.78 is 97.1. The van der Waals surface area contributed by atoms with E-state index in [0.29, 0.717) is 0 Å². The molecule has 0 heterocycles. The molecule has 0 amide bonds. The lowest BCUT2D eigenvalue weighted by atomic mass is 10.0. The summed E-state index contributed by atoms with van der Waals surface area (Å²) in [5.41, 5.74) is 0. The number of rotatable bonds is 5. The standard InChI is InChI=1S/C7H7F8/c1-2-6(12,13)7(14,15)4(9)3(8)5(10)11/h3-5H,1-2H2/t3?,4-/m0/s1. The number of halogens is 8. The van der Waals surface area contributed by atoms with Crippen LogP contribution in [-0.4, -0.2) is 30.6 Å². The normalized spacial score (nSPS) is 18.0. The van der Waals surface area contributed by atoms with Gasteiger partial charge in [-0.3, -0.25) is 0 Å². The van der Waals surface area contributed by atoms with Gasteiger partial charge in [0.2, 0.25) is 6.17 Å². The Morgan fingerprint density at radius 1 is 0.933 bits per heavy atom. The van der Waals surface area contributed by atoms with Crippen LogP contribution in [0, 0.1) is 6.92 Å². The summed E-state index contributed by atoms with van der Waals surface area (Å²) in [7, 11) is 0. The summed E-state index contributed by atoms with van der Waals surface area (Å²) in [6.45, 7) is 2.40. The summed E-state index contributed by atoms with van der Waals surface area (Å²) in [5.74, 6) is -10.5. The van der Waals surface area contributed by atoms with Crippen molar-refractivity contribution in [3.8, 4) is 0 Å². The van der Waals surface area contributed by atoms with Crippen LogP contribution in [0.4, 0.5) is 35.1 Å². The van der Waals surface area contributed by atoms with Gasteiger partial charge in [-0.2, -0.15) is 17.6 Å². The second-order valence-corrected chi connectivity index (χ2v) is 2.76. The minimum Gasteiger partial charge on any atom is -0.238 e. The first-order valence-corrected chi connectivity index (χ1v) is 3.69. The summed E-state index contributed by atoms with van der Waals surface area (Å²) >= 11 is 0. The zero-order valence-corrected chi connectivity index (χ0v) is 7.17. The highest BCUT2D eigenvalue weighted by atomic mass is 19.3. The molecule has 0 spiro atoms. The molecule has 0 aliphatic rings. The summed E-state index contributed by atoms with van der Waals surface area (Å²) in [6, 6.07) is 0. The maximum absolute atomic E-state index is 12.5. The highest BCUT2D eigenvalue weighted by molar-refractivity contribution is 4.95. The lowest BCUT2D eigenvalue weighted by molar-refractivity contribution is -0.253. The molecule has 0 rings (SSSR count). The van der Waals surface area contributed by atoms with Gasteiger partial charge in [-0.25, -0.2) is 17.6 Å². The Hall–Kier alpha value is -0.560. The molecule has 0 aromatic rings. The van der Waals surface area contributed by atoms with Gasteiger partial charge in [-0.15, -0.1) is 0 Å². The first kappa shape index (κ1) is 14.4. The monoisotopic (exact) mass is 243 g/mol. The Kier molecular flexibility index (Phi) is 4.36. The van der Waals surface area contributed by atoms with Crippen LogP contribution < -0.4 is 0 Å². The molecule has 1 radical (unpaired) electrons. The van der Waals surface area contributed by atoms with Crippen molar-refractivity contribution in [2.24, 2.45) is 0 Å². The van der Waals surface area contributed by atoms with E-state index in [-0.39, 0.29) is 0 Å². The van der Waals surface area contributed by atoms with Crippen LogP contribution in [-0.2, 0) is 0 Å². The molecule has 0 aliphatic carbocycles. The van der Waals surface area contributed by atoms with Gasteiger partial charge in [0.15, 0.2) is 6.17 Å². The lowest BCUT2D eigenvalue weighted by Crippen LogP contribution is -2.52. The molecule has 0 aromatic heterocycles. The molecule has 0 nitrogen and oxygen atoms in total. The zero-order chi connectivity index (χ0) is 12.4. The molecular weight excluding hydrogens is 236 g/mol. The SMILES string of the molecule is [CH2]CC(F)(F)C(F)(F)[C@@H](F)C(F)C(F)F. The van der Waals surface area contributed by atoms with Crippen LogP contribution in [0.1, 0.15) is 6.42 Å². The second-order valence-electron chi connectivity index (χ2n) is 2.76. The van der Waals surface area contributed by atoms with Crippen molar-refractivity contribution in [1.82, 2.24) is 0 Å². The topological polar surface area (TPSA) is 0 Å². The van der Waals surface area contributed by atoms with Gasteiger partial charge in [0, 0.05) is 6.42 Å². The Morgan fingerprint density at radius 2 is 1.33 bits per heavy atom. The van der Waals surface area contributed by atoms with Crippen molar-refractivity contribution >= 4 is 0 Å². The molecular formula is C7H7F8. The molecule has 2 atom stereocenters. The third kappa shape index (κ3) is 2.72. The van der Waals surface area contributed by atoms with Crippen molar-refractivity contribution in [2.75, 3.05) is 0 Å². The van der Waals surface area contributed by atoms with E-state index in [1.165, 1.54) is 0 Å². The van der Waals surface area contributed by atoms with Crippen LogP contribution in [0.3, 0.4) is 0 Å². The molecule has 0 aliphatic heterocycles. The van der Waals surface area contributed by atoms with E-state index in [1.54, 1.807) is 0 Å². The van der Waals surface area contributed by atoms with Crippen LogP contribution in [0.25, 0.3) is 0 Å². The molecule has 0 N–H and O–H groups in total. The first-order chi connectivity index (χ1) is 6.58. The predicted molar refractivity (Wildman–Crippen MR) is 35.7 cm³/mol. The largest absolute Gasteiger partial charge is 0.343 e. The minimum absolute atomic E-state index is 1.73. The maximum Gasteiger partial charge on any atom is 0.343 e. The van der Waals surface area contributed by atoms with Gasteiger partial charge in [-0.1, -0.05) is 0 Å². The van der Waals surface area contributed by atoms with E-state index in [2.05, 4.69) is 6.92 Å². The predicted octanol–water partition coefficient (Wildman–Crippen LogP) is 3.42. The van der Waals surface area contributed by atoms with Crippen molar-refractivity contribution in [3.63, 3.8) is 0 Å². The fourth-order valence-electron chi connectivity index (χ4n) is 0.696. The van der Waals surface area contributed by atoms with Gasteiger partial charge in [0.05, 0.1) is 0 Å². The van der Waals surface area contributed by atoms with Crippen molar-refractivity contribution in [3.05, 3.63) is 6.92 Å². The number of hydrogen-bond acceptors (Lipinski definition) is 0. The van der Waals surface area contributed by atoms with Crippen molar-refractivity contribution in [1.29, 1.82) is 0 Å². The number of hydrogen-bond donors (Lipinski definition) is 0. The van der Waals surface area contributed by atoms with Gasteiger partial charge in [0.25, 0.3) is 6.43 Å². The maximum atomic E-state index is 12.5. The van der Waals surface area contributed by atoms with E-state index in [9.17, 15) is 35.1 Å². The quantitative estimate of drug-likeness (QED) is 0.649. The van der Waals surface area contributed by atoms with Gasteiger partial charge in [0.1, 0.15) is 0 Å². The van der Waals surface area contributed by atoms with E-state index in [4.69, 9.17) is 0 Å². The smallest absolute Gasteiger partial charge is 0.238 e. The fraction of sp³-hybridized carbons (Fsp3) is 0.857. The Bertz CT molecular complexity index is 201. The van der Waals surface area contributed by atoms with E-state index >= 15 is 0 Å². The molecule has 15 heavy (non-hydrogen) atoms. The second kappa shape index (κ2) is 4.52. The molecule has 0 fully saturated rings. The molecule has 0 saturated carbocycles. The highest BCUT2D eigenvalue weighted by Crippen LogP contribution is 2.42. The van der Waals surface area contributed by atoms with Crippen molar-refractivity contribution in [2.45, 2.75) is 37.0 Å². The first-order valence-electron chi connectivity index (χ1n) is 3.69. The third-order valence-electron chi connectivity index (χ3n) is 1.67. The van der Waals surface area contributed by atoms with Gasteiger partial charge < -0.3 is 0 Å². The molecule has 91 valence electrons.